The smallest absolute Gasteiger partial charge is 0.303 e. The third-order valence-corrected chi connectivity index (χ3v) is 1.46. The molecule has 0 amide bonds. The van der Waals surface area contributed by atoms with Crippen LogP contribution in [-0.2, 0) is 14.0 Å². The quantitative estimate of drug-likeness (QED) is 0.567. The highest BCUT2D eigenvalue weighted by Crippen LogP contribution is 1.90. The van der Waals surface area contributed by atoms with Crippen LogP contribution < -0.4 is 0 Å². The van der Waals surface area contributed by atoms with E-state index in [1.165, 1.54) is 0 Å². The second-order valence-electron chi connectivity index (χ2n) is 1.70. The first-order chi connectivity index (χ1) is 4.66. The Hall–Kier alpha value is -0.843. The zero-order valence-electron chi connectivity index (χ0n) is 5.79. The Morgan fingerprint density at radius 3 is 2.50 bits per heavy atom. The van der Waals surface area contributed by atoms with Crippen molar-refractivity contribution in [3.05, 3.63) is 0 Å². The molecule has 0 aromatic carbocycles. The van der Waals surface area contributed by atoms with Crippen LogP contribution in [0, 0.1) is 0 Å². The average molecular weight is 162 g/mol. The van der Waals surface area contributed by atoms with Crippen molar-refractivity contribution >= 4 is 21.7 Å². The maximum Gasteiger partial charge on any atom is 0.303 e. The maximum atomic E-state index is 10.5. The number of carbonyl (C=O) groups excluding carboxylic acids is 1. The van der Waals surface area contributed by atoms with Crippen LogP contribution in [0.5, 0.6) is 0 Å². The van der Waals surface area contributed by atoms with Gasteiger partial charge in [-0.1, -0.05) is 0 Å². The number of hydrogen-bond donors (Lipinski definition) is 1. The summed E-state index contributed by atoms with van der Waals surface area (Å²) in [6.45, 7) is 1.82. The van der Waals surface area contributed by atoms with E-state index in [4.69, 9.17) is 5.11 Å². The minimum Gasteiger partial charge on any atom is -0.525 e. The Balaban J connectivity index is 3.30. The average Bonchev–Trinajstić information content (AvgIpc) is 1.85. The lowest BCUT2D eigenvalue weighted by Gasteiger charge is -1.97. The molecule has 0 aromatic rings. The lowest BCUT2D eigenvalue weighted by Crippen LogP contribution is -2.08. The van der Waals surface area contributed by atoms with Crippen molar-refractivity contribution in [2.45, 2.75) is 19.4 Å². The number of carbonyl (C=O) groups is 2. The van der Waals surface area contributed by atoms with Crippen LogP contribution in [0.2, 0.25) is 6.55 Å². The second kappa shape index (κ2) is 4.98. The van der Waals surface area contributed by atoms with E-state index in [0.717, 1.165) is 0 Å². The fourth-order valence-corrected chi connectivity index (χ4v) is 0.908. The molecule has 0 saturated heterocycles. The highest BCUT2D eigenvalue weighted by Gasteiger charge is 2.03. The SMILES string of the molecule is C[SiH2]OC(=O)CCC(=O)O. The molecule has 0 unspecified atom stereocenters. The van der Waals surface area contributed by atoms with Gasteiger partial charge in [-0.2, -0.15) is 0 Å². The van der Waals surface area contributed by atoms with E-state index < -0.39 is 21.7 Å². The van der Waals surface area contributed by atoms with Crippen molar-refractivity contribution < 1.29 is 19.1 Å². The highest BCUT2D eigenvalue weighted by atomic mass is 28.2. The summed E-state index contributed by atoms with van der Waals surface area (Å²) in [4.78, 5) is 20.4. The largest absolute Gasteiger partial charge is 0.525 e. The third kappa shape index (κ3) is 5.30. The van der Waals surface area contributed by atoms with Gasteiger partial charge in [0.1, 0.15) is 0 Å². The van der Waals surface area contributed by atoms with Crippen molar-refractivity contribution in [2.75, 3.05) is 0 Å². The minimum atomic E-state index is -0.963. The van der Waals surface area contributed by atoms with Crippen LogP contribution in [0.1, 0.15) is 12.8 Å². The summed E-state index contributed by atoms with van der Waals surface area (Å²) < 4.78 is 4.63. The van der Waals surface area contributed by atoms with E-state index in [1.54, 1.807) is 0 Å². The first-order valence-electron chi connectivity index (χ1n) is 3.04. The van der Waals surface area contributed by atoms with E-state index in [9.17, 15) is 9.59 Å². The Bertz CT molecular complexity index is 134. The van der Waals surface area contributed by atoms with Gasteiger partial charge in [-0.25, -0.2) is 0 Å². The summed E-state index contributed by atoms with van der Waals surface area (Å²) in [5.74, 6) is -1.36. The molecule has 0 aromatic heterocycles. The first kappa shape index (κ1) is 9.16. The molecule has 0 aliphatic rings. The van der Waals surface area contributed by atoms with Crippen molar-refractivity contribution in [1.82, 2.24) is 0 Å². The molecule has 0 spiro atoms. The van der Waals surface area contributed by atoms with Gasteiger partial charge in [0.05, 0.1) is 12.8 Å². The van der Waals surface area contributed by atoms with Gasteiger partial charge < -0.3 is 9.53 Å². The van der Waals surface area contributed by atoms with Crippen LogP contribution in [0.4, 0.5) is 0 Å². The lowest BCUT2D eigenvalue weighted by molar-refractivity contribution is -0.142. The van der Waals surface area contributed by atoms with E-state index >= 15 is 0 Å². The summed E-state index contributed by atoms with van der Waals surface area (Å²) in [5.41, 5.74) is 0. The number of hydrogen-bond acceptors (Lipinski definition) is 3. The molecule has 10 heavy (non-hydrogen) atoms. The van der Waals surface area contributed by atoms with Crippen LogP contribution in [0.3, 0.4) is 0 Å². The molecule has 0 radical (unpaired) electrons. The normalized spacial score (nSPS) is 10.1. The van der Waals surface area contributed by atoms with Gasteiger partial charge in [0.15, 0.2) is 0 Å². The Morgan fingerprint density at radius 2 is 2.10 bits per heavy atom. The van der Waals surface area contributed by atoms with Gasteiger partial charge >= 0.3 is 5.97 Å². The number of rotatable bonds is 4. The molecular formula is C5H10O4Si. The number of carboxylic acids is 1. The molecule has 0 rings (SSSR count). The molecule has 0 bridgehead atoms. The summed E-state index contributed by atoms with van der Waals surface area (Å²) >= 11 is 0. The van der Waals surface area contributed by atoms with Gasteiger partial charge in [-0.3, -0.25) is 9.59 Å². The predicted octanol–water partition coefficient (Wildman–Crippen LogP) is -0.474. The number of aliphatic carboxylic acids is 1. The summed E-state index contributed by atoms with van der Waals surface area (Å²) in [6.07, 6.45) is -0.136. The second-order valence-corrected chi connectivity index (χ2v) is 2.56. The third-order valence-electron chi connectivity index (χ3n) is 0.848. The van der Waals surface area contributed by atoms with Gasteiger partial charge in [0, 0.05) is 0 Å². The van der Waals surface area contributed by atoms with Gasteiger partial charge in [0.25, 0.3) is 5.97 Å². The highest BCUT2D eigenvalue weighted by molar-refractivity contribution is 6.28. The van der Waals surface area contributed by atoms with Gasteiger partial charge in [0.2, 0.25) is 9.76 Å². The topological polar surface area (TPSA) is 63.6 Å². The molecule has 0 atom stereocenters. The minimum absolute atomic E-state index is 0.00380. The van der Waals surface area contributed by atoms with Crippen molar-refractivity contribution in [3.63, 3.8) is 0 Å². The first-order valence-corrected chi connectivity index (χ1v) is 5.03. The molecule has 0 fully saturated rings. The molecule has 0 saturated carbocycles. The zero-order valence-corrected chi connectivity index (χ0v) is 7.21. The summed E-state index contributed by atoms with van der Waals surface area (Å²) in [5, 5.41) is 8.13. The van der Waals surface area contributed by atoms with E-state index in [2.05, 4.69) is 4.43 Å². The van der Waals surface area contributed by atoms with Crippen LogP contribution in [0.15, 0.2) is 0 Å². The van der Waals surface area contributed by atoms with E-state index in [1.807, 2.05) is 6.55 Å². The predicted molar refractivity (Wildman–Crippen MR) is 37.4 cm³/mol. The van der Waals surface area contributed by atoms with Crippen LogP contribution in [0.25, 0.3) is 0 Å². The molecule has 1 N–H and O–H groups in total. The molecule has 58 valence electrons. The number of carboxylic acid groups (broad SMARTS) is 1. The molecule has 4 nitrogen and oxygen atoms in total. The molecule has 0 aliphatic heterocycles. The van der Waals surface area contributed by atoms with Gasteiger partial charge in [-0.05, 0) is 6.55 Å². The van der Waals surface area contributed by atoms with Crippen LogP contribution >= 0.6 is 0 Å². The van der Waals surface area contributed by atoms with Crippen molar-refractivity contribution in [3.8, 4) is 0 Å². The molecule has 5 heteroatoms. The van der Waals surface area contributed by atoms with Crippen molar-refractivity contribution in [1.29, 1.82) is 0 Å². The maximum absolute atomic E-state index is 10.5. The van der Waals surface area contributed by atoms with Crippen LogP contribution in [-0.4, -0.2) is 26.8 Å². The van der Waals surface area contributed by atoms with E-state index in [-0.39, 0.29) is 12.8 Å². The summed E-state index contributed by atoms with van der Waals surface area (Å²) in [7, 11) is -0.721. The molecule has 0 heterocycles. The standard InChI is InChI=1S/C5H10O4Si/c1-10-9-5(8)3-2-4(6)7/h2-3,10H2,1H3,(H,6,7). The zero-order chi connectivity index (χ0) is 7.98. The van der Waals surface area contributed by atoms with E-state index in [0.29, 0.717) is 0 Å². The summed E-state index contributed by atoms with van der Waals surface area (Å²) in [6, 6.07) is 0. The van der Waals surface area contributed by atoms with Gasteiger partial charge in [-0.15, -0.1) is 0 Å². The Labute approximate surface area is 61.1 Å². The monoisotopic (exact) mass is 162 g/mol. The van der Waals surface area contributed by atoms with Crippen molar-refractivity contribution in [2.24, 2.45) is 0 Å². The Kier molecular flexibility index (Phi) is 4.56. The molecule has 0 aliphatic carbocycles. The fraction of sp³-hybridized carbons (Fsp3) is 0.600. The Morgan fingerprint density at radius 1 is 1.50 bits per heavy atom. The lowest BCUT2D eigenvalue weighted by atomic mass is 10.3. The fourth-order valence-electron chi connectivity index (χ4n) is 0.442. The molecular weight excluding hydrogens is 152 g/mol.